The molecule has 2 rings (SSSR count). The first kappa shape index (κ1) is 16.6. The van der Waals surface area contributed by atoms with Crippen molar-refractivity contribution in [3.8, 4) is 0 Å². The molecule has 1 aliphatic rings. The minimum atomic E-state index is -0.0668. The molecular weight excluding hydrogens is 311 g/mol. The van der Waals surface area contributed by atoms with E-state index in [1.807, 2.05) is 0 Å². The molecule has 2 N–H and O–H groups in total. The highest BCUT2D eigenvalue weighted by Crippen LogP contribution is 2.27. The Morgan fingerprint density at radius 1 is 1.33 bits per heavy atom. The summed E-state index contributed by atoms with van der Waals surface area (Å²) >= 11 is 12.1. The summed E-state index contributed by atoms with van der Waals surface area (Å²) in [6.45, 7) is 2.68. The number of rotatable bonds is 5. The van der Waals surface area contributed by atoms with Crippen molar-refractivity contribution in [1.29, 1.82) is 0 Å². The van der Waals surface area contributed by atoms with Gasteiger partial charge in [-0.05, 0) is 37.9 Å². The van der Waals surface area contributed by atoms with Crippen LogP contribution in [-0.4, -0.2) is 43.2 Å². The number of amides is 1. The zero-order valence-electron chi connectivity index (χ0n) is 11.9. The number of hydrogen-bond acceptors (Lipinski definition) is 3. The fraction of sp³-hybridized carbons (Fsp3) is 0.533. The lowest BCUT2D eigenvalue weighted by atomic mass is 10.1. The van der Waals surface area contributed by atoms with Crippen molar-refractivity contribution in [3.63, 3.8) is 0 Å². The van der Waals surface area contributed by atoms with Gasteiger partial charge in [-0.1, -0.05) is 29.3 Å². The minimum Gasteiger partial charge on any atom is -0.378 e. The molecule has 0 bridgehead atoms. The van der Waals surface area contributed by atoms with Crippen LogP contribution in [0.3, 0.4) is 0 Å². The highest BCUT2D eigenvalue weighted by atomic mass is 35.5. The number of carbonyl (C=O) groups excluding carboxylic acids is 1. The van der Waals surface area contributed by atoms with E-state index in [0.29, 0.717) is 41.8 Å². The lowest BCUT2D eigenvalue weighted by Crippen LogP contribution is -2.41. The standard InChI is InChI=1S/C15H20Cl2N2O2/c16-13-4-1-3-12(14(13)17)15(20)19-8-5-11(6-9-19)21-10-2-7-18/h1,3-4,11H,2,5-10,18H2. The number of nitrogens with zero attached hydrogens (tertiary/aromatic N) is 1. The molecule has 1 fully saturated rings. The van der Waals surface area contributed by atoms with Crippen LogP contribution in [0.25, 0.3) is 0 Å². The van der Waals surface area contributed by atoms with Crippen LogP contribution in [0.15, 0.2) is 18.2 Å². The normalized spacial score (nSPS) is 16.2. The second kappa shape index (κ2) is 7.99. The third-order valence-electron chi connectivity index (χ3n) is 3.61. The molecule has 4 nitrogen and oxygen atoms in total. The largest absolute Gasteiger partial charge is 0.378 e. The van der Waals surface area contributed by atoms with E-state index >= 15 is 0 Å². The molecule has 1 aliphatic heterocycles. The van der Waals surface area contributed by atoms with E-state index in [2.05, 4.69) is 0 Å². The predicted octanol–water partition coefficient (Wildman–Crippen LogP) is 2.96. The van der Waals surface area contributed by atoms with E-state index in [1.54, 1.807) is 23.1 Å². The SMILES string of the molecule is NCCCOC1CCN(C(=O)c2cccc(Cl)c2Cl)CC1. The van der Waals surface area contributed by atoms with Crippen molar-refractivity contribution in [3.05, 3.63) is 33.8 Å². The number of piperidine rings is 1. The number of hydrogen-bond donors (Lipinski definition) is 1. The zero-order chi connectivity index (χ0) is 15.2. The van der Waals surface area contributed by atoms with Crippen LogP contribution in [0.4, 0.5) is 0 Å². The number of benzene rings is 1. The average Bonchev–Trinajstić information content (AvgIpc) is 2.50. The quantitative estimate of drug-likeness (QED) is 0.844. The smallest absolute Gasteiger partial charge is 0.255 e. The van der Waals surface area contributed by atoms with Gasteiger partial charge in [0, 0.05) is 19.7 Å². The van der Waals surface area contributed by atoms with Gasteiger partial charge in [0.15, 0.2) is 0 Å². The molecule has 0 atom stereocenters. The Labute approximate surface area is 135 Å². The Morgan fingerprint density at radius 3 is 2.71 bits per heavy atom. The third kappa shape index (κ3) is 4.33. The lowest BCUT2D eigenvalue weighted by molar-refractivity contribution is 0.00845. The number of halogens is 2. The maximum atomic E-state index is 12.5. The van der Waals surface area contributed by atoms with E-state index in [4.69, 9.17) is 33.7 Å². The fourth-order valence-corrected chi connectivity index (χ4v) is 2.78. The molecular formula is C15H20Cl2N2O2. The number of nitrogens with two attached hydrogens (primary N) is 1. The number of likely N-dealkylation sites (tertiary alicyclic amines) is 1. The van der Waals surface area contributed by atoms with E-state index < -0.39 is 0 Å². The van der Waals surface area contributed by atoms with E-state index in [0.717, 1.165) is 19.3 Å². The van der Waals surface area contributed by atoms with Crippen molar-refractivity contribution in [2.24, 2.45) is 5.73 Å². The summed E-state index contributed by atoms with van der Waals surface area (Å²) in [6, 6.07) is 5.13. The first-order valence-corrected chi connectivity index (χ1v) is 7.94. The summed E-state index contributed by atoms with van der Waals surface area (Å²) in [5.74, 6) is -0.0668. The summed E-state index contributed by atoms with van der Waals surface area (Å²) in [5, 5.41) is 0.730. The van der Waals surface area contributed by atoms with Crippen molar-refractivity contribution < 1.29 is 9.53 Å². The van der Waals surface area contributed by atoms with Crippen LogP contribution >= 0.6 is 23.2 Å². The first-order chi connectivity index (χ1) is 10.1. The molecule has 1 amide bonds. The van der Waals surface area contributed by atoms with Crippen LogP contribution in [0.1, 0.15) is 29.6 Å². The van der Waals surface area contributed by atoms with Crippen molar-refractivity contribution >= 4 is 29.1 Å². The van der Waals surface area contributed by atoms with Gasteiger partial charge in [0.25, 0.3) is 5.91 Å². The van der Waals surface area contributed by atoms with Crippen LogP contribution in [0.5, 0.6) is 0 Å². The van der Waals surface area contributed by atoms with Gasteiger partial charge in [-0.25, -0.2) is 0 Å². The van der Waals surface area contributed by atoms with E-state index in [9.17, 15) is 4.79 Å². The van der Waals surface area contributed by atoms with Gasteiger partial charge in [-0.3, -0.25) is 4.79 Å². The fourth-order valence-electron chi connectivity index (χ4n) is 2.40. The van der Waals surface area contributed by atoms with E-state index in [-0.39, 0.29) is 12.0 Å². The Balaban J connectivity index is 1.90. The number of carbonyl (C=O) groups is 1. The van der Waals surface area contributed by atoms with Gasteiger partial charge in [0.1, 0.15) is 0 Å². The van der Waals surface area contributed by atoms with Crippen molar-refractivity contribution in [2.75, 3.05) is 26.2 Å². The zero-order valence-corrected chi connectivity index (χ0v) is 13.4. The lowest BCUT2D eigenvalue weighted by Gasteiger charge is -2.32. The summed E-state index contributed by atoms with van der Waals surface area (Å²) in [6.07, 6.45) is 2.77. The van der Waals surface area contributed by atoms with Gasteiger partial charge in [0.05, 0.1) is 21.7 Å². The van der Waals surface area contributed by atoms with Crippen LogP contribution in [0, 0.1) is 0 Å². The highest BCUT2D eigenvalue weighted by Gasteiger charge is 2.25. The molecule has 0 unspecified atom stereocenters. The summed E-state index contributed by atoms with van der Waals surface area (Å²) < 4.78 is 5.73. The Morgan fingerprint density at radius 2 is 2.05 bits per heavy atom. The summed E-state index contributed by atoms with van der Waals surface area (Å²) in [7, 11) is 0. The molecule has 1 saturated heterocycles. The molecule has 116 valence electrons. The first-order valence-electron chi connectivity index (χ1n) is 7.18. The molecule has 0 radical (unpaired) electrons. The Kier molecular flexibility index (Phi) is 6.30. The van der Waals surface area contributed by atoms with Crippen molar-refractivity contribution in [2.45, 2.75) is 25.4 Å². The minimum absolute atomic E-state index is 0.0668. The van der Waals surface area contributed by atoms with Gasteiger partial charge in [-0.15, -0.1) is 0 Å². The van der Waals surface area contributed by atoms with Gasteiger partial charge in [-0.2, -0.15) is 0 Å². The molecule has 0 saturated carbocycles. The van der Waals surface area contributed by atoms with E-state index in [1.165, 1.54) is 0 Å². The predicted molar refractivity (Wildman–Crippen MR) is 85.0 cm³/mol. The summed E-state index contributed by atoms with van der Waals surface area (Å²) in [5.41, 5.74) is 5.91. The molecule has 1 heterocycles. The van der Waals surface area contributed by atoms with Crippen LogP contribution in [0.2, 0.25) is 10.0 Å². The Bertz CT molecular complexity index is 489. The molecule has 0 aliphatic carbocycles. The van der Waals surface area contributed by atoms with Crippen LogP contribution < -0.4 is 5.73 Å². The second-order valence-corrected chi connectivity index (χ2v) is 5.89. The van der Waals surface area contributed by atoms with Gasteiger partial charge >= 0.3 is 0 Å². The maximum Gasteiger partial charge on any atom is 0.255 e. The van der Waals surface area contributed by atoms with Gasteiger partial charge < -0.3 is 15.4 Å². The second-order valence-electron chi connectivity index (χ2n) is 5.11. The molecule has 21 heavy (non-hydrogen) atoms. The average molecular weight is 331 g/mol. The van der Waals surface area contributed by atoms with Crippen LogP contribution in [-0.2, 0) is 4.74 Å². The monoisotopic (exact) mass is 330 g/mol. The van der Waals surface area contributed by atoms with Crippen molar-refractivity contribution in [1.82, 2.24) is 4.90 Å². The molecule has 1 aromatic rings. The third-order valence-corrected chi connectivity index (χ3v) is 4.43. The summed E-state index contributed by atoms with van der Waals surface area (Å²) in [4.78, 5) is 14.3. The van der Waals surface area contributed by atoms with Gasteiger partial charge in [0.2, 0.25) is 0 Å². The Hall–Kier alpha value is -0.810. The molecule has 1 aromatic carbocycles. The number of ether oxygens (including phenoxy) is 1. The highest BCUT2D eigenvalue weighted by molar-refractivity contribution is 6.43. The molecule has 6 heteroatoms. The topological polar surface area (TPSA) is 55.6 Å². The molecule has 0 spiro atoms. The maximum absolute atomic E-state index is 12.5. The molecule has 0 aromatic heterocycles.